The van der Waals surface area contributed by atoms with E-state index >= 15 is 0 Å². The normalized spacial score (nSPS) is 24.4. The van der Waals surface area contributed by atoms with Gasteiger partial charge in [0.05, 0.1) is 15.9 Å². The zero-order valence-corrected chi connectivity index (χ0v) is 12.8. The van der Waals surface area contributed by atoms with Gasteiger partial charge in [-0.2, -0.15) is 0 Å². The van der Waals surface area contributed by atoms with Gasteiger partial charge in [-0.05, 0) is 19.4 Å². The molecule has 116 valence electrons. The number of nitro groups is 1. The zero-order valence-electron chi connectivity index (χ0n) is 12.0. The van der Waals surface area contributed by atoms with Crippen LogP contribution in [0.15, 0.2) is 23.1 Å². The van der Waals surface area contributed by atoms with Gasteiger partial charge in [-0.25, -0.2) is 13.1 Å². The molecule has 1 aromatic carbocycles. The lowest BCUT2D eigenvalue weighted by Crippen LogP contribution is -2.61. The van der Waals surface area contributed by atoms with Crippen LogP contribution < -0.4 is 4.72 Å². The van der Waals surface area contributed by atoms with E-state index < -0.39 is 32.5 Å². The summed E-state index contributed by atoms with van der Waals surface area (Å²) >= 11 is 0. The Morgan fingerprint density at radius 2 is 2.05 bits per heavy atom. The Morgan fingerprint density at radius 1 is 1.43 bits per heavy atom. The van der Waals surface area contributed by atoms with Crippen molar-refractivity contribution < 1.29 is 18.4 Å². The van der Waals surface area contributed by atoms with E-state index in [4.69, 9.17) is 0 Å². The van der Waals surface area contributed by atoms with Crippen LogP contribution in [-0.4, -0.2) is 30.6 Å². The summed E-state index contributed by atoms with van der Waals surface area (Å²) in [5.41, 5.74) is -0.381. The molecule has 0 bridgehead atoms. The Bertz CT molecular complexity index is 684. The minimum atomic E-state index is -3.85. The number of rotatable bonds is 4. The number of sulfonamides is 1. The second-order valence-corrected chi connectivity index (χ2v) is 7.67. The van der Waals surface area contributed by atoms with Crippen LogP contribution in [0.2, 0.25) is 0 Å². The van der Waals surface area contributed by atoms with Crippen molar-refractivity contribution >= 4 is 15.7 Å². The SMILES string of the molecule is Cc1ccc(S(=O)(=O)NC2CC(O)C2(C)C)cc1[N+](=O)[O-]. The van der Waals surface area contributed by atoms with E-state index in [9.17, 15) is 23.6 Å². The molecule has 0 spiro atoms. The molecule has 8 heteroatoms. The Morgan fingerprint density at radius 3 is 2.52 bits per heavy atom. The van der Waals surface area contributed by atoms with Crippen molar-refractivity contribution in [1.82, 2.24) is 4.72 Å². The number of aliphatic hydroxyl groups excluding tert-OH is 1. The second-order valence-electron chi connectivity index (χ2n) is 5.95. The van der Waals surface area contributed by atoms with Crippen LogP contribution in [0, 0.1) is 22.5 Å². The third-order valence-corrected chi connectivity index (χ3v) is 5.67. The predicted molar refractivity (Wildman–Crippen MR) is 76.3 cm³/mol. The van der Waals surface area contributed by atoms with Crippen molar-refractivity contribution in [3.63, 3.8) is 0 Å². The first kappa shape index (κ1) is 15.9. The molecule has 0 radical (unpaired) electrons. The monoisotopic (exact) mass is 314 g/mol. The Labute approximate surface area is 123 Å². The van der Waals surface area contributed by atoms with Gasteiger partial charge in [-0.15, -0.1) is 0 Å². The maximum atomic E-state index is 12.3. The summed E-state index contributed by atoms with van der Waals surface area (Å²) in [6.07, 6.45) is -0.224. The Hall–Kier alpha value is -1.51. The summed E-state index contributed by atoms with van der Waals surface area (Å²) in [6, 6.07) is 3.41. The molecule has 1 aliphatic rings. The first-order valence-corrected chi connectivity index (χ1v) is 7.99. The fourth-order valence-electron chi connectivity index (χ4n) is 2.31. The van der Waals surface area contributed by atoms with Gasteiger partial charge in [0.15, 0.2) is 0 Å². The molecule has 2 unspecified atom stereocenters. The van der Waals surface area contributed by atoms with Crippen molar-refractivity contribution in [2.45, 2.75) is 44.2 Å². The molecular formula is C13H18N2O5S. The van der Waals surface area contributed by atoms with Crippen molar-refractivity contribution in [1.29, 1.82) is 0 Å². The highest BCUT2D eigenvalue weighted by Crippen LogP contribution is 2.41. The molecular weight excluding hydrogens is 296 g/mol. The van der Waals surface area contributed by atoms with E-state index in [1.807, 2.05) is 0 Å². The molecule has 2 rings (SSSR count). The van der Waals surface area contributed by atoms with E-state index in [0.717, 1.165) is 6.07 Å². The van der Waals surface area contributed by atoms with Crippen molar-refractivity contribution in [3.05, 3.63) is 33.9 Å². The fraction of sp³-hybridized carbons (Fsp3) is 0.538. The Balaban J connectivity index is 2.29. The lowest BCUT2D eigenvalue weighted by Gasteiger charge is -2.49. The average Bonchev–Trinajstić information content (AvgIpc) is 2.38. The molecule has 7 nitrogen and oxygen atoms in total. The maximum absolute atomic E-state index is 12.3. The molecule has 0 amide bonds. The molecule has 0 saturated heterocycles. The third-order valence-electron chi connectivity index (χ3n) is 4.20. The lowest BCUT2D eigenvalue weighted by molar-refractivity contribution is -0.385. The van der Waals surface area contributed by atoms with Crippen molar-refractivity contribution in [2.75, 3.05) is 0 Å². The Kier molecular flexibility index (Phi) is 3.81. The van der Waals surface area contributed by atoms with Crippen LogP contribution >= 0.6 is 0 Å². The van der Waals surface area contributed by atoms with Crippen LogP contribution in [0.25, 0.3) is 0 Å². The van der Waals surface area contributed by atoms with E-state index in [2.05, 4.69) is 4.72 Å². The van der Waals surface area contributed by atoms with Crippen molar-refractivity contribution in [3.8, 4) is 0 Å². The number of nitrogens with zero attached hydrogens (tertiary/aromatic N) is 1. The van der Waals surface area contributed by atoms with Gasteiger partial charge in [-0.1, -0.05) is 19.9 Å². The van der Waals surface area contributed by atoms with Gasteiger partial charge in [0.2, 0.25) is 10.0 Å². The minimum Gasteiger partial charge on any atom is -0.392 e. The maximum Gasteiger partial charge on any atom is 0.273 e. The highest BCUT2D eigenvalue weighted by Gasteiger charge is 2.49. The van der Waals surface area contributed by atoms with Crippen LogP contribution in [0.1, 0.15) is 25.8 Å². The van der Waals surface area contributed by atoms with Gasteiger partial charge >= 0.3 is 0 Å². The number of hydrogen-bond donors (Lipinski definition) is 2. The zero-order chi connectivity index (χ0) is 16.0. The van der Waals surface area contributed by atoms with Crippen LogP contribution in [-0.2, 0) is 10.0 Å². The largest absolute Gasteiger partial charge is 0.392 e. The van der Waals surface area contributed by atoms with Gasteiger partial charge in [0, 0.05) is 23.1 Å². The third kappa shape index (κ3) is 2.78. The smallest absolute Gasteiger partial charge is 0.273 e. The number of hydrogen-bond acceptors (Lipinski definition) is 5. The summed E-state index contributed by atoms with van der Waals surface area (Å²) in [5.74, 6) is 0. The van der Waals surface area contributed by atoms with E-state index in [-0.39, 0.29) is 10.6 Å². The highest BCUT2D eigenvalue weighted by molar-refractivity contribution is 7.89. The van der Waals surface area contributed by atoms with Gasteiger partial charge in [-0.3, -0.25) is 10.1 Å². The van der Waals surface area contributed by atoms with E-state index in [1.165, 1.54) is 12.1 Å². The van der Waals surface area contributed by atoms with Gasteiger partial charge < -0.3 is 5.11 Å². The molecule has 2 N–H and O–H groups in total. The molecule has 0 aliphatic heterocycles. The van der Waals surface area contributed by atoms with E-state index in [0.29, 0.717) is 12.0 Å². The number of benzene rings is 1. The molecule has 2 atom stereocenters. The average molecular weight is 314 g/mol. The molecule has 0 heterocycles. The van der Waals surface area contributed by atoms with Crippen LogP contribution in [0.3, 0.4) is 0 Å². The summed E-state index contributed by atoms with van der Waals surface area (Å²) in [5, 5.41) is 20.5. The molecule has 1 aromatic rings. The first-order valence-electron chi connectivity index (χ1n) is 6.51. The van der Waals surface area contributed by atoms with Gasteiger partial charge in [0.1, 0.15) is 0 Å². The summed E-state index contributed by atoms with van der Waals surface area (Å²) in [6.45, 7) is 5.09. The molecule has 21 heavy (non-hydrogen) atoms. The second kappa shape index (κ2) is 5.04. The molecule has 1 aliphatic carbocycles. The summed E-state index contributed by atoms with van der Waals surface area (Å²) in [7, 11) is -3.85. The minimum absolute atomic E-state index is 0.142. The molecule has 0 aromatic heterocycles. The van der Waals surface area contributed by atoms with Crippen LogP contribution in [0.5, 0.6) is 0 Å². The van der Waals surface area contributed by atoms with E-state index in [1.54, 1.807) is 20.8 Å². The lowest BCUT2D eigenvalue weighted by atomic mass is 9.65. The standard InChI is InChI=1S/C13H18N2O5S/c1-8-4-5-9(6-10(8)15(17)18)21(19,20)14-11-7-12(16)13(11,2)3/h4-6,11-12,14,16H,7H2,1-3H3. The van der Waals surface area contributed by atoms with Crippen molar-refractivity contribution in [2.24, 2.45) is 5.41 Å². The predicted octanol–water partition coefficient (Wildman–Crippen LogP) is 1.34. The summed E-state index contributed by atoms with van der Waals surface area (Å²) < 4.78 is 27.1. The fourth-order valence-corrected chi connectivity index (χ4v) is 3.74. The number of nitrogens with one attached hydrogen (secondary N) is 1. The summed E-state index contributed by atoms with van der Waals surface area (Å²) in [4.78, 5) is 10.1. The number of aliphatic hydroxyl groups is 1. The first-order chi connectivity index (χ1) is 9.55. The van der Waals surface area contributed by atoms with Crippen LogP contribution in [0.4, 0.5) is 5.69 Å². The molecule has 1 fully saturated rings. The quantitative estimate of drug-likeness (QED) is 0.644. The topological polar surface area (TPSA) is 110 Å². The highest BCUT2D eigenvalue weighted by atomic mass is 32.2. The van der Waals surface area contributed by atoms with Gasteiger partial charge in [0.25, 0.3) is 5.69 Å². The number of nitro benzene ring substituents is 1. The molecule has 1 saturated carbocycles. The number of aryl methyl sites for hydroxylation is 1.